The summed E-state index contributed by atoms with van der Waals surface area (Å²) in [5.41, 5.74) is 4.67. The van der Waals surface area contributed by atoms with Gasteiger partial charge in [-0.1, -0.05) is 41.5 Å². The quantitative estimate of drug-likeness (QED) is 0.760. The second kappa shape index (κ2) is 7.08. The van der Waals surface area contributed by atoms with E-state index in [1.807, 2.05) is 7.05 Å². The molecule has 0 aliphatic carbocycles. The molecule has 1 N–H and O–H groups in total. The standard InChI is InChI=1S/C21H32N2OS/c1-13(22-8)19-23-17(12-25-19)14-10-15(20(2,3)4)18(24-9)16(11-14)21(5,6)7/h10-13,22H,1-9H3. The van der Waals surface area contributed by atoms with Gasteiger partial charge in [-0.25, -0.2) is 4.98 Å². The molecule has 1 aromatic carbocycles. The van der Waals surface area contributed by atoms with Crippen molar-refractivity contribution in [2.75, 3.05) is 14.2 Å². The summed E-state index contributed by atoms with van der Waals surface area (Å²) in [6.45, 7) is 15.5. The van der Waals surface area contributed by atoms with E-state index in [-0.39, 0.29) is 16.9 Å². The van der Waals surface area contributed by atoms with Crippen LogP contribution in [0.3, 0.4) is 0 Å². The van der Waals surface area contributed by atoms with Gasteiger partial charge in [0, 0.05) is 22.1 Å². The van der Waals surface area contributed by atoms with Crippen molar-refractivity contribution in [1.29, 1.82) is 0 Å². The fourth-order valence-electron chi connectivity index (χ4n) is 2.85. The maximum absolute atomic E-state index is 5.85. The number of nitrogens with zero attached hydrogens (tertiary/aromatic N) is 1. The highest BCUT2D eigenvalue weighted by Crippen LogP contribution is 2.42. The first-order valence-electron chi connectivity index (χ1n) is 8.85. The molecule has 0 aliphatic heterocycles. The fraction of sp³-hybridized carbons (Fsp3) is 0.571. The zero-order chi connectivity index (χ0) is 19.0. The van der Waals surface area contributed by atoms with Crippen molar-refractivity contribution in [2.45, 2.75) is 65.3 Å². The lowest BCUT2D eigenvalue weighted by Crippen LogP contribution is -2.19. The number of hydrogen-bond donors (Lipinski definition) is 1. The van der Waals surface area contributed by atoms with Crippen LogP contribution in [0.5, 0.6) is 5.75 Å². The third-order valence-electron chi connectivity index (χ3n) is 4.53. The van der Waals surface area contributed by atoms with E-state index in [0.29, 0.717) is 0 Å². The zero-order valence-corrected chi connectivity index (χ0v) is 17.9. The highest BCUT2D eigenvalue weighted by Gasteiger charge is 2.28. The number of thiazole rings is 1. The van der Waals surface area contributed by atoms with Gasteiger partial charge < -0.3 is 10.1 Å². The number of nitrogens with one attached hydrogen (secondary N) is 1. The Morgan fingerprint density at radius 2 is 1.56 bits per heavy atom. The first-order chi connectivity index (χ1) is 11.5. The first-order valence-corrected chi connectivity index (χ1v) is 9.73. The molecule has 1 heterocycles. The van der Waals surface area contributed by atoms with Crippen LogP contribution in [0.4, 0.5) is 0 Å². The Bertz CT molecular complexity index is 700. The minimum atomic E-state index is -0.00152. The van der Waals surface area contributed by atoms with Crippen molar-refractivity contribution >= 4 is 11.3 Å². The van der Waals surface area contributed by atoms with Gasteiger partial charge in [0.15, 0.2) is 0 Å². The van der Waals surface area contributed by atoms with E-state index in [4.69, 9.17) is 9.72 Å². The minimum Gasteiger partial charge on any atom is -0.496 e. The SMILES string of the molecule is CNC(C)c1nc(-c2cc(C(C)(C)C)c(OC)c(C(C)(C)C)c2)cs1. The maximum Gasteiger partial charge on any atom is 0.126 e. The Morgan fingerprint density at radius 1 is 1.04 bits per heavy atom. The van der Waals surface area contributed by atoms with Crippen LogP contribution < -0.4 is 10.1 Å². The molecular formula is C21H32N2OS. The topological polar surface area (TPSA) is 34.2 Å². The van der Waals surface area contributed by atoms with Crippen LogP contribution in [-0.4, -0.2) is 19.1 Å². The van der Waals surface area contributed by atoms with Crippen molar-refractivity contribution in [3.05, 3.63) is 33.6 Å². The number of ether oxygens (including phenoxy) is 1. The van der Waals surface area contributed by atoms with Crippen molar-refractivity contribution in [1.82, 2.24) is 10.3 Å². The Morgan fingerprint density at radius 3 is 1.96 bits per heavy atom. The monoisotopic (exact) mass is 360 g/mol. The molecule has 4 heteroatoms. The van der Waals surface area contributed by atoms with Crippen LogP contribution in [0.15, 0.2) is 17.5 Å². The summed E-state index contributed by atoms with van der Waals surface area (Å²) < 4.78 is 5.85. The molecule has 3 nitrogen and oxygen atoms in total. The summed E-state index contributed by atoms with van der Waals surface area (Å²) in [4.78, 5) is 4.87. The minimum absolute atomic E-state index is 0.00152. The molecule has 0 saturated carbocycles. The van der Waals surface area contributed by atoms with E-state index in [9.17, 15) is 0 Å². The van der Waals surface area contributed by atoms with E-state index in [1.165, 1.54) is 16.7 Å². The number of methoxy groups -OCH3 is 1. The highest BCUT2D eigenvalue weighted by molar-refractivity contribution is 7.10. The molecule has 0 spiro atoms. The summed E-state index contributed by atoms with van der Waals surface area (Å²) in [6.07, 6.45) is 0. The largest absolute Gasteiger partial charge is 0.496 e. The second-order valence-electron chi connectivity index (χ2n) is 8.69. The van der Waals surface area contributed by atoms with E-state index in [1.54, 1.807) is 18.4 Å². The number of benzene rings is 1. The highest BCUT2D eigenvalue weighted by atomic mass is 32.1. The average molecular weight is 361 g/mol. The first kappa shape index (κ1) is 19.9. The normalized spacial score (nSPS) is 13.8. The lowest BCUT2D eigenvalue weighted by atomic mass is 9.78. The third-order valence-corrected chi connectivity index (χ3v) is 5.56. The van der Waals surface area contributed by atoms with Crippen LogP contribution in [0, 0.1) is 0 Å². The number of hydrogen-bond acceptors (Lipinski definition) is 4. The molecule has 2 aromatic rings. The summed E-state index contributed by atoms with van der Waals surface area (Å²) >= 11 is 1.71. The Labute approximate surface area is 156 Å². The maximum atomic E-state index is 5.85. The molecular weight excluding hydrogens is 328 g/mol. The van der Waals surface area contributed by atoms with Gasteiger partial charge in [0.05, 0.1) is 18.8 Å². The Hall–Kier alpha value is -1.39. The van der Waals surface area contributed by atoms with Gasteiger partial charge in [-0.3, -0.25) is 0 Å². The van der Waals surface area contributed by atoms with E-state index in [0.717, 1.165) is 16.5 Å². The van der Waals surface area contributed by atoms with E-state index >= 15 is 0 Å². The van der Waals surface area contributed by atoms with Crippen molar-refractivity contribution in [2.24, 2.45) is 0 Å². The Kier molecular flexibility index (Phi) is 5.65. The lowest BCUT2D eigenvalue weighted by Gasteiger charge is -2.29. The van der Waals surface area contributed by atoms with Gasteiger partial charge >= 0.3 is 0 Å². The van der Waals surface area contributed by atoms with Crippen LogP contribution in [0.25, 0.3) is 11.3 Å². The summed E-state index contributed by atoms with van der Waals surface area (Å²) in [7, 11) is 3.74. The van der Waals surface area contributed by atoms with Crippen LogP contribution in [-0.2, 0) is 10.8 Å². The molecule has 2 rings (SSSR count). The van der Waals surface area contributed by atoms with Gasteiger partial charge in [-0.2, -0.15) is 0 Å². The van der Waals surface area contributed by atoms with Crippen molar-refractivity contribution in [3.63, 3.8) is 0 Å². The van der Waals surface area contributed by atoms with Gasteiger partial charge in [0.2, 0.25) is 0 Å². The zero-order valence-electron chi connectivity index (χ0n) is 17.1. The van der Waals surface area contributed by atoms with Crippen LogP contribution in [0.2, 0.25) is 0 Å². The van der Waals surface area contributed by atoms with E-state index in [2.05, 4.69) is 71.3 Å². The smallest absolute Gasteiger partial charge is 0.126 e. The molecule has 138 valence electrons. The van der Waals surface area contributed by atoms with Crippen molar-refractivity contribution < 1.29 is 4.74 Å². The van der Waals surface area contributed by atoms with Crippen LogP contribution >= 0.6 is 11.3 Å². The molecule has 0 bridgehead atoms. The summed E-state index contributed by atoms with van der Waals surface area (Å²) in [5, 5.41) is 6.53. The van der Waals surface area contributed by atoms with Gasteiger partial charge in [-0.05, 0) is 36.9 Å². The van der Waals surface area contributed by atoms with Crippen LogP contribution in [0.1, 0.15) is 70.6 Å². The predicted molar refractivity (Wildman–Crippen MR) is 109 cm³/mol. The molecule has 0 amide bonds. The molecule has 0 radical (unpaired) electrons. The summed E-state index contributed by atoms with van der Waals surface area (Å²) in [5.74, 6) is 1.00. The van der Waals surface area contributed by atoms with Gasteiger partial charge in [-0.15, -0.1) is 11.3 Å². The average Bonchev–Trinajstić information content (AvgIpc) is 3.01. The lowest BCUT2D eigenvalue weighted by molar-refractivity contribution is 0.381. The van der Waals surface area contributed by atoms with Gasteiger partial charge in [0.1, 0.15) is 10.8 Å². The molecule has 25 heavy (non-hydrogen) atoms. The van der Waals surface area contributed by atoms with Gasteiger partial charge in [0.25, 0.3) is 0 Å². The summed E-state index contributed by atoms with van der Waals surface area (Å²) in [6, 6.07) is 4.76. The number of aromatic nitrogens is 1. The van der Waals surface area contributed by atoms with E-state index < -0.39 is 0 Å². The molecule has 1 atom stereocenters. The molecule has 0 fully saturated rings. The fourth-order valence-corrected chi connectivity index (χ4v) is 3.75. The molecule has 0 saturated heterocycles. The molecule has 1 unspecified atom stereocenters. The Balaban J connectivity index is 2.69. The second-order valence-corrected chi connectivity index (χ2v) is 9.58. The molecule has 1 aromatic heterocycles. The number of rotatable bonds is 4. The van der Waals surface area contributed by atoms with Crippen molar-refractivity contribution in [3.8, 4) is 17.0 Å². The molecule has 0 aliphatic rings. The third kappa shape index (κ3) is 4.24. The predicted octanol–water partition coefficient (Wildman–Crippen LogP) is 5.69.